The Labute approximate surface area is 197 Å². The first-order chi connectivity index (χ1) is 13.8. The molecular formula is C21H38IN5OS. The van der Waals surface area contributed by atoms with E-state index in [1.807, 2.05) is 11.3 Å². The Hall–Kier alpha value is -0.420. The van der Waals surface area contributed by atoms with E-state index < -0.39 is 0 Å². The highest BCUT2D eigenvalue weighted by Gasteiger charge is 2.25. The molecule has 3 heterocycles. The second-order valence-electron chi connectivity index (χ2n) is 7.70. The summed E-state index contributed by atoms with van der Waals surface area (Å²) in [6, 6.07) is 5.40. The molecule has 29 heavy (non-hydrogen) atoms. The van der Waals surface area contributed by atoms with E-state index in [1.165, 1.54) is 50.2 Å². The predicted octanol–water partition coefficient (Wildman–Crippen LogP) is 3.17. The van der Waals surface area contributed by atoms with E-state index in [2.05, 4.69) is 44.9 Å². The van der Waals surface area contributed by atoms with Crippen LogP contribution in [0.15, 0.2) is 22.5 Å². The van der Waals surface area contributed by atoms with E-state index in [4.69, 9.17) is 9.73 Å². The van der Waals surface area contributed by atoms with Gasteiger partial charge in [0, 0.05) is 37.7 Å². The monoisotopic (exact) mass is 535 g/mol. The van der Waals surface area contributed by atoms with E-state index in [0.717, 1.165) is 38.7 Å². The molecule has 6 nitrogen and oxygen atoms in total. The molecule has 2 saturated heterocycles. The van der Waals surface area contributed by atoms with Crippen LogP contribution in [-0.2, 0) is 4.74 Å². The normalized spacial score (nSPS) is 21.9. The molecule has 3 rings (SSSR count). The minimum atomic E-state index is 0. The van der Waals surface area contributed by atoms with Crippen LogP contribution in [0.2, 0.25) is 0 Å². The van der Waals surface area contributed by atoms with Crippen LogP contribution in [0.4, 0.5) is 0 Å². The Kier molecular flexibility index (Phi) is 11.8. The van der Waals surface area contributed by atoms with Crippen molar-refractivity contribution in [2.24, 2.45) is 4.99 Å². The first kappa shape index (κ1) is 24.8. The summed E-state index contributed by atoms with van der Waals surface area (Å²) < 4.78 is 5.26. The molecule has 0 spiro atoms. The van der Waals surface area contributed by atoms with Gasteiger partial charge < -0.3 is 15.4 Å². The van der Waals surface area contributed by atoms with Crippen LogP contribution in [0.25, 0.3) is 0 Å². The van der Waals surface area contributed by atoms with Crippen LogP contribution in [0, 0.1) is 0 Å². The molecule has 0 aromatic carbocycles. The molecule has 166 valence electrons. The van der Waals surface area contributed by atoms with Crippen LogP contribution in [0.3, 0.4) is 0 Å². The van der Waals surface area contributed by atoms with Crippen molar-refractivity contribution >= 4 is 41.3 Å². The SMILES string of the molecule is CCNC(=NCC(c1cccs1)N1CCCC1)NCC1CCCN1CCOC.I. The summed E-state index contributed by atoms with van der Waals surface area (Å²) in [5.41, 5.74) is 0. The molecule has 2 N–H and O–H groups in total. The second kappa shape index (κ2) is 13.8. The molecule has 0 aliphatic carbocycles. The van der Waals surface area contributed by atoms with Gasteiger partial charge in [0.2, 0.25) is 0 Å². The molecule has 1 aromatic rings. The van der Waals surface area contributed by atoms with E-state index >= 15 is 0 Å². The lowest BCUT2D eigenvalue weighted by Gasteiger charge is -2.27. The number of thiophene rings is 1. The molecule has 0 amide bonds. The third kappa shape index (κ3) is 7.65. The summed E-state index contributed by atoms with van der Waals surface area (Å²) in [6.07, 6.45) is 5.15. The van der Waals surface area contributed by atoms with Crippen molar-refractivity contribution < 1.29 is 4.74 Å². The maximum atomic E-state index is 5.26. The Morgan fingerprint density at radius 1 is 1.28 bits per heavy atom. The van der Waals surface area contributed by atoms with Gasteiger partial charge in [0.05, 0.1) is 19.2 Å². The maximum Gasteiger partial charge on any atom is 0.191 e. The van der Waals surface area contributed by atoms with Crippen molar-refractivity contribution in [3.8, 4) is 0 Å². The minimum absolute atomic E-state index is 0. The summed E-state index contributed by atoms with van der Waals surface area (Å²) in [4.78, 5) is 11.6. The summed E-state index contributed by atoms with van der Waals surface area (Å²) in [7, 11) is 1.78. The van der Waals surface area contributed by atoms with Crippen molar-refractivity contribution in [1.29, 1.82) is 0 Å². The predicted molar refractivity (Wildman–Crippen MR) is 134 cm³/mol. The Balaban J connectivity index is 0.00000300. The average molecular weight is 536 g/mol. The number of nitrogens with one attached hydrogen (secondary N) is 2. The second-order valence-corrected chi connectivity index (χ2v) is 8.68. The van der Waals surface area contributed by atoms with Crippen molar-refractivity contribution in [2.75, 3.05) is 59.5 Å². The standard InChI is InChI=1S/C21H37N5OS.HI/c1-3-22-21(23-16-18-8-6-12-25(18)13-14-27-2)24-17-19(20-9-7-15-28-20)26-10-4-5-11-26;/h7,9,15,18-19H,3-6,8,10-14,16-17H2,1-2H3,(H2,22,23,24);1H. The van der Waals surface area contributed by atoms with Gasteiger partial charge in [-0.3, -0.25) is 14.8 Å². The van der Waals surface area contributed by atoms with Crippen molar-refractivity contribution in [1.82, 2.24) is 20.4 Å². The zero-order chi connectivity index (χ0) is 19.6. The average Bonchev–Trinajstić information content (AvgIpc) is 3.47. The van der Waals surface area contributed by atoms with Gasteiger partial charge in [-0.05, 0) is 63.7 Å². The van der Waals surface area contributed by atoms with Crippen molar-refractivity contribution in [3.63, 3.8) is 0 Å². The third-order valence-corrected chi connectivity index (χ3v) is 6.78. The van der Waals surface area contributed by atoms with E-state index in [1.54, 1.807) is 7.11 Å². The number of likely N-dealkylation sites (tertiary alicyclic amines) is 2. The lowest BCUT2D eigenvalue weighted by atomic mass is 10.2. The number of guanidine groups is 1. The van der Waals surface area contributed by atoms with Crippen LogP contribution in [-0.4, -0.2) is 81.3 Å². The molecule has 0 bridgehead atoms. The minimum Gasteiger partial charge on any atom is -0.383 e. The largest absolute Gasteiger partial charge is 0.383 e. The van der Waals surface area contributed by atoms with E-state index in [0.29, 0.717) is 12.1 Å². The van der Waals surface area contributed by atoms with Gasteiger partial charge in [-0.25, -0.2) is 0 Å². The van der Waals surface area contributed by atoms with Crippen LogP contribution < -0.4 is 10.6 Å². The van der Waals surface area contributed by atoms with Crippen LogP contribution in [0.1, 0.15) is 43.5 Å². The number of rotatable bonds is 10. The fourth-order valence-corrected chi connectivity index (χ4v) is 5.13. The van der Waals surface area contributed by atoms with Crippen LogP contribution in [0.5, 0.6) is 0 Å². The van der Waals surface area contributed by atoms with E-state index in [-0.39, 0.29) is 24.0 Å². The van der Waals surface area contributed by atoms with Gasteiger partial charge in [0.25, 0.3) is 0 Å². The van der Waals surface area contributed by atoms with Gasteiger partial charge in [0.15, 0.2) is 5.96 Å². The molecule has 2 aliphatic heterocycles. The molecule has 1 aromatic heterocycles. The highest BCUT2D eigenvalue weighted by atomic mass is 127. The lowest BCUT2D eigenvalue weighted by molar-refractivity contribution is 0.141. The number of methoxy groups -OCH3 is 1. The number of aliphatic imine (C=N–C) groups is 1. The number of hydrogen-bond acceptors (Lipinski definition) is 5. The first-order valence-corrected chi connectivity index (χ1v) is 11.7. The molecule has 0 radical (unpaired) electrons. The smallest absolute Gasteiger partial charge is 0.191 e. The molecule has 2 fully saturated rings. The fraction of sp³-hybridized carbons (Fsp3) is 0.762. The number of halogens is 1. The Morgan fingerprint density at radius 2 is 2.10 bits per heavy atom. The zero-order valence-corrected chi connectivity index (χ0v) is 21.1. The maximum absolute atomic E-state index is 5.26. The first-order valence-electron chi connectivity index (χ1n) is 10.8. The van der Waals surface area contributed by atoms with E-state index in [9.17, 15) is 0 Å². The summed E-state index contributed by atoms with van der Waals surface area (Å²) in [6.45, 7) is 10.2. The van der Waals surface area contributed by atoms with Gasteiger partial charge in [-0.15, -0.1) is 35.3 Å². The fourth-order valence-electron chi connectivity index (χ4n) is 4.28. The van der Waals surface area contributed by atoms with Gasteiger partial charge in [-0.1, -0.05) is 6.07 Å². The molecule has 8 heteroatoms. The lowest BCUT2D eigenvalue weighted by Crippen LogP contribution is -2.45. The summed E-state index contributed by atoms with van der Waals surface area (Å²) in [5.74, 6) is 0.946. The Bertz CT molecular complexity index is 580. The topological polar surface area (TPSA) is 52.1 Å². The molecular weight excluding hydrogens is 497 g/mol. The summed E-state index contributed by atoms with van der Waals surface area (Å²) in [5, 5.41) is 9.22. The van der Waals surface area contributed by atoms with Gasteiger partial charge in [0.1, 0.15) is 0 Å². The zero-order valence-electron chi connectivity index (χ0n) is 17.9. The molecule has 2 unspecified atom stereocenters. The molecule has 2 aliphatic rings. The van der Waals surface area contributed by atoms with Gasteiger partial charge in [-0.2, -0.15) is 0 Å². The quantitative estimate of drug-likeness (QED) is 0.274. The number of hydrogen-bond donors (Lipinski definition) is 2. The van der Waals surface area contributed by atoms with Gasteiger partial charge >= 0.3 is 0 Å². The van der Waals surface area contributed by atoms with Crippen molar-refractivity contribution in [3.05, 3.63) is 22.4 Å². The summed E-state index contributed by atoms with van der Waals surface area (Å²) >= 11 is 1.85. The van der Waals surface area contributed by atoms with Crippen molar-refractivity contribution in [2.45, 2.75) is 44.7 Å². The highest BCUT2D eigenvalue weighted by molar-refractivity contribution is 14.0. The third-order valence-electron chi connectivity index (χ3n) is 5.81. The highest BCUT2D eigenvalue weighted by Crippen LogP contribution is 2.28. The Morgan fingerprint density at radius 3 is 2.79 bits per heavy atom. The number of nitrogens with zero attached hydrogens (tertiary/aromatic N) is 3. The number of ether oxygens (including phenoxy) is 1. The molecule has 0 saturated carbocycles. The van der Waals surface area contributed by atoms with Crippen LogP contribution >= 0.6 is 35.3 Å². The molecule has 2 atom stereocenters.